The third-order valence-electron chi connectivity index (χ3n) is 21.7. The van der Waals surface area contributed by atoms with Crippen LogP contribution in [0.1, 0.15) is 63.7 Å². The van der Waals surface area contributed by atoms with E-state index in [-0.39, 0.29) is 37.6 Å². The molecule has 10 nitrogen and oxygen atoms in total. The van der Waals surface area contributed by atoms with Crippen LogP contribution in [0.5, 0.6) is 23.0 Å². The minimum Gasteiger partial charge on any atom is -0.458 e. The van der Waals surface area contributed by atoms with Crippen LogP contribution < -0.4 is 42.3 Å². The maximum absolute atomic E-state index is 15.1. The van der Waals surface area contributed by atoms with E-state index in [4.69, 9.17) is 28.4 Å². The minimum atomic E-state index is -0.535. The molecule has 0 aliphatic carbocycles. The number of fused-ring (bicyclic) bond motifs is 8. The lowest BCUT2D eigenvalue weighted by Gasteiger charge is -2.38. The fourth-order valence-electron chi connectivity index (χ4n) is 16.9. The summed E-state index contributed by atoms with van der Waals surface area (Å²) in [5.41, 5.74) is 21.2. The molecule has 0 saturated heterocycles. The standard InChI is InChI=1S/C96H60B2O10/c99-93(103-53-57-23-7-1-8-24-57)63-39-41-79-83(45-63)107-85-47-65(95(101)105-55-59-27-11-3-12-28-59)43-77-73-49-72(70-38-22-20-36-68(70)62-33-17-6-18-34-62)76-52-82-88-74(50-71(69-37-21-19-35-67(69)61-31-15-5-16-32-61)75-51-81(97(79)91(77)85)87(73)89(76)90(75)88)78-44-66(96(102)106-56-60-29-13-4-14-30-60)48-86-92(78)98(82)80-42-40-64(46-84(80)108-86)94(100)104-54-58-25-9-2-10-26-58/h1-52H,53-56H2. The maximum Gasteiger partial charge on any atom is 0.338 e. The zero-order chi connectivity index (χ0) is 72.1. The highest BCUT2D eigenvalue weighted by atomic mass is 16.5. The summed E-state index contributed by atoms with van der Waals surface area (Å²) in [4.78, 5) is 58.9. The second-order valence-corrected chi connectivity index (χ2v) is 28.0. The highest BCUT2D eigenvalue weighted by Gasteiger charge is 2.46. The molecule has 16 aromatic carbocycles. The number of hydrogen-bond acceptors (Lipinski definition) is 10. The molecule has 16 aromatic rings. The lowest BCUT2D eigenvalue weighted by atomic mass is 9.31. The quantitative estimate of drug-likeness (QED) is 0.0400. The van der Waals surface area contributed by atoms with Crippen LogP contribution in [-0.4, -0.2) is 37.3 Å². The predicted octanol–water partition coefficient (Wildman–Crippen LogP) is 17.9. The molecule has 108 heavy (non-hydrogen) atoms. The normalized spacial score (nSPS) is 12.3. The Balaban J connectivity index is 0.901. The first-order valence-electron chi connectivity index (χ1n) is 36.2. The zero-order valence-electron chi connectivity index (χ0n) is 58.1. The van der Waals surface area contributed by atoms with Gasteiger partial charge in [0.15, 0.2) is 0 Å². The van der Waals surface area contributed by atoms with Crippen molar-refractivity contribution in [3.8, 4) is 89.8 Å². The molecule has 0 spiro atoms. The van der Waals surface area contributed by atoms with E-state index in [0.717, 1.165) is 154 Å². The number of carbonyl (C=O) groups excluding carboxylic acids is 4. The molecule has 12 heteroatoms. The first kappa shape index (κ1) is 63.8. The zero-order valence-corrected chi connectivity index (χ0v) is 58.1. The molecule has 0 atom stereocenters. The SMILES string of the molecule is O=C(OCc1ccccc1)c1ccc2c(c1)Oc1cc(C(=O)OCc3ccccc3)cc3c1B2c1cc2c(-c4ccccc4-c4ccccc4)cc4c5c(cc6c(-c7ccccc7-c7ccccc7)cc-3c1c6c25)B1c2ccc(C(=O)OCc3ccccc3)cc2Oc2cc(C(=O)OCc3ccccc3)cc-4c21. The van der Waals surface area contributed by atoms with Crippen LogP contribution in [0.25, 0.3) is 99.1 Å². The summed E-state index contributed by atoms with van der Waals surface area (Å²) in [5.74, 6) is -0.310. The van der Waals surface area contributed by atoms with Crippen LogP contribution >= 0.6 is 0 Å². The van der Waals surface area contributed by atoms with Gasteiger partial charge in [0.1, 0.15) is 49.4 Å². The van der Waals surface area contributed by atoms with Gasteiger partial charge in [0, 0.05) is 0 Å². The molecule has 0 saturated carbocycles. The van der Waals surface area contributed by atoms with Gasteiger partial charge < -0.3 is 28.4 Å². The summed E-state index contributed by atoms with van der Waals surface area (Å²) in [6.07, 6.45) is 0. The van der Waals surface area contributed by atoms with Crippen molar-refractivity contribution in [2.24, 2.45) is 0 Å². The summed E-state index contributed by atoms with van der Waals surface area (Å²) < 4.78 is 38.9. The van der Waals surface area contributed by atoms with Crippen LogP contribution in [0.3, 0.4) is 0 Å². The van der Waals surface area contributed by atoms with E-state index in [0.29, 0.717) is 34.1 Å². The lowest BCUT2D eigenvalue weighted by molar-refractivity contribution is 0.0463. The van der Waals surface area contributed by atoms with Gasteiger partial charge in [-0.25, -0.2) is 19.2 Å². The Labute approximate surface area is 622 Å². The first-order valence-corrected chi connectivity index (χ1v) is 36.2. The van der Waals surface area contributed by atoms with Crippen molar-refractivity contribution in [3.63, 3.8) is 0 Å². The summed E-state index contributed by atoms with van der Waals surface area (Å²) in [7, 11) is 0. The average molecular weight is 1400 g/mol. The van der Waals surface area contributed by atoms with E-state index in [9.17, 15) is 9.59 Å². The summed E-state index contributed by atoms with van der Waals surface area (Å²) >= 11 is 0. The number of carbonyl (C=O) groups is 4. The fourth-order valence-corrected chi connectivity index (χ4v) is 16.9. The van der Waals surface area contributed by atoms with E-state index in [2.05, 4.69) is 121 Å². The molecule has 0 fully saturated rings. The monoisotopic (exact) mass is 1390 g/mol. The first-order chi connectivity index (χ1) is 53.2. The van der Waals surface area contributed by atoms with E-state index < -0.39 is 37.3 Å². The summed E-state index contributed by atoms with van der Waals surface area (Å²) in [6.45, 7) is -0.832. The number of esters is 4. The van der Waals surface area contributed by atoms with Gasteiger partial charge in [-0.3, -0.25) is 0 Å². The molecular formula is C96H60B2O10. The molecule has 20 rings (SSSR count). The molecule has 4 aliphatic rings. The van der Waals surface area contributed by atoms with Crippen molar-refractivity contribution in [1.82, 2.24) is 0 Å². The largest absolute Gasteiger partial charge is 0.458 e. The molecule has 0 N–H and O–H groups in total. The van der Waals surface area contributed by atoms with Gasteiger partial charge in [0.25, 0.3) is 13.4 Å². The predicted molar refractivity (Wildman–Crippen MR) is 427 cm³/mol. The van der Waals surface area contributed by atoms with E-state index >= 15 is 9.59 Å². The Morgan fingerprint density at radius 3 is 0.898 bits per heavy atom. The minimum absolute atomic E-state index is 0.0393. The molecular weight excluding hydrogens is 1330 g/mol. The Kier molecular flexibility index (Phi) is 15.4. The summed E-state index contributed by atoms with van der Waals surface area (Å²) in [6, 6.07) is 105. The lowest BCUT2D eigenvalue weighted by Crippen LogP contribution is -2.58. The number of ether oxygens (including phenoxy) is 6. The topological polar surface area (TPSA) is 124 Å². The smallest absolute Gasteiger partial charge is 0.338 e. The highest BCUT2D eigenvalue weighted by Crippen LogP contribution is 2.53. The molecule has 0 radical (unpaired) electrons. The molecule has 0 unspecified atom stereocenters. The van der Waals surface area contributed by atoms with E-state index in [1.165, 1.54) is 0 Å². The van der Waals surface area contributed by atoms with E-state index in [1.54, 1.807) is 24.3 Å². The Morgan fingerprint density at radius 1 is 0.241 bits per heavy atom. The molecule has 0 bridgehead atoms. The Hall–Kier alpha value is -13.8. The van der Waals surface area contributed by atoms with Gasteiger partial charge in [-0.2, -0.15) is 0 Å². The van der Waals surface area contributed by atoms with Gasteiger partial charge in [0.05, 0.1) is 22.3 Å². The van der Waals surface area contributed by atoms with E-state index in [1.807, 2.05) is 170 Å². The van der Waals surface area contributed by atoms with Crippen LogP contribution in [0, 0.1) is 0 Å². The van der Waals surface area contributed by atoms with Gasteiger partial charge >= 0.3 is 23.9 Å². The average Bonchev–Trinajstić information content (AvgIpc) is 0.665. The van der Waals surface area contributed by atoms with Crippen LogP contribution in [-0.2, 0) is 45.4 Å². The van der Waals surface area contributed by atoms with Gasteiger partial charge in [-0.1, -0.05) is 266 Å². The molecule has 0 amide bonds. The fraction of sp³-hybridized carbons (Fsp3) is 0.0417. The number of benzene rings is 16. The van der Waals surface area contributed by atoms with Crippen molar-refractivity contribution in [1.29, 1.82) is 0 Å². The highest BCUT2D eigenvalue weighted by molar-refractivity contribution is 7.01. The maximum atomic E-state index is 15.1. The molecule has 0 aromatic heterocycles. The Morgan fingerprint density at radius 2 is 0.546 bits per heavy atom. The van der Waals surface area contributed by atoms with Crippen LogP contribution in [0.15, 0.2) is 315 Å². The van der Waals surface area contributed by atoms with Crippen LogP contribution in [0.4, 0.5) is 0 Å². The van der Waals surface area contributed by atoms with Crippen molar-refractivity contribution in [2.75, 3.05) is 0 Å². The van der Waals surface area contributed by atoms with Gasteiger partial charge in [0.2, 0.25) is 0 Å². The molecule has 4 heterocycles. The van der Waals surface area contributed by atoms with Crippen molar-refractivity contribution < 1.29 is 47.6 Å². The third kappa shape index (κ3) is 10.8. The molecule has 4 aliphatic heterocycles. The van der Waals surface area contributed by atoms with Gasteiger partial charge in [-0.05, 0) is 204 Å². The second kappa shape index (κ2) is 26.1. The number of rotatable bonds is 16. The summed E-state index contributed by atoms with van der Waals surface area (Å²) in [5, 5.41) is 5.85. The Bertz CT molecular complexity index is 6000. The molecule has 510 valence electrons. The van der Waals surface area contributed by atoms with Crippen molar-refractivity contribution in [3.05, 3.63) is 360 Å². The van der Waals surface area contributed by atoms with Gasteiger partial charge in [-0.15, -0.1) is 0 Å². The number of hydrogen-bond donors (Lipinski definition) is 0. The van der Waals surface area contributed by atoms with Crippen molar-refractivity contribution >= 4 is 102 Å². The van der Waals surface area contributed by atoms with Crippen molar-refractivity contribution in [2.45, 2.75) is 26.4 Å². The second-order valence-electron chi connectivity index (χ2n) is 28.0. The van der Waals surface area contributed by atoms with Crippen LogP contribution in [0.2, 0.25) is 0 Å². The third-order valence-corrected chi connectivity index (χ3v) is 21.7.